The quantitative estimate of drug-likeness (QED) is 0.665. The van der Waals surface area contributed by atoms with Crippen molar-refractivity contribution in [3.05, 3.63) is 71.8 Å². The molecule has 5 nitrogen and oxygen atoms in total. The third-order valence-electron chi connectivity index (χ3n) is 7.45. The van der Waals surface area contributed by atoms with Crippen molar-refractivity contribution >= 4 is 11.9 Å². The first kappa shape index (κ1) is 23.5. The molecule has 1 aliphatic heterocycles. The molecule has 0 spiro atoms. The van der Waals surface area contributed by atoms with E-state index in [4.69, 9.17) is 5.73 Å². The minimum Gasteiger partial charge on any atom is -0.328 e. The van der Waals surface area contributed by atoms with Crippen LogP contribution in [-0.2, 0) is 4.79 Å². The molecule has 3 amide bonds. The summed E-state index contributed by atoms with van der Waals surface area (Å²) in [6, 6.07) is 20.6. The number of carbonyl (C=O) groups excluding carboxylic acids is 2. The summed E-state index contributed by atoms with van der Waals surface area (Å²) in [5.74, 6) is 0.181. The summed E-state index contributed by atoms with van der Waals surface area (Å²) < 4.78 is 0. The molecule has 2 aromatic rings. The predicted molar refractivity (Wildman–Crippen MR) is 132 cm³/mol. The average molecular weight is 448 g/mol. The highest BCUT2D eigenvalue weighted by Gasteiger charge is 2.35. The zero-order valence-corrected chi connectivity index (χ0v) is 19.7. The largest absolute Gasteiger partial charge is 0.328 e. The van der Waals surface area contributed by atoms with E-state index in [0.29, 0.717) is 12.5 Å². The fraction of sp³-hybridized carbons (Fsp3) is 0.500. The maximum absolute atomic E-state index is 13.8. The Labute approximate surface area is 197 Å². The van der Waals surface area contributed by atoms with Crippen LogP contribution in [0.2, 0.25) is 0 Å². The summed E-state index contributed by atoms with van der Waals surface area (Å²) >= 11 is 0. The molecular weight excluding hydrogens is 410 g/mol. The molecule has 1 aliphatic carbocycles. The maximum atomic E-state index is 13.8. The van der Waals surface area contributed by atoms with Gasteiger partial charge in [-0.2, -0.15) is 0 Å². The fourth-order valence-electron chi connectivity index (χ4n) is 5.37. The second-order valence-corrected chi connectivity index (χ2v) is 9.83. The summed E-state index contributed by atoms with van der Waals surface area (Å²) in [7, 11) is 0. The van der Waals surface area contributed by atoms with E-state index in [1.807, 2.05) is 41.3 Å². The lowest BCUT2D eigenvalue weighted by atomic mass is 9.85. The number of hydrogen-bond acceptors (Lipinski definition) is 3. The van der Waals surface area contributed by atoms with Gasteiger partial charge in [-0.05, 0) is 62.5 Å². The lowest BCUT2D eigenvalue weighted by Crippen LogP contribution is -2.50. The molecule has 0 bridgehead atoms. The first-order valence-electron chi connectivity index (χ1n) is 12.5. The van der Waals surface area contributed by atoms with Gasteiger partial charge in [0.15, 0.2) is 0 Å². The Kier molecular flexibility index (Phi) is 7.81. The van der Waals surface area contributed by atoms with Gasteiger partial charge in [0.2, 0.25) is 5.91 Å². The number of carbonyl (C=O) groups is 2. The summed E-state index contributed by atoms with van der Waals surface area (Å²) in [4.78, 5) is 30.9. The molecule has 33 heavy (non-hydrogen) atoms. The van der Waals surface area contributed by atoms with Gasteiger partial charge < -0.3 is 10.6 Å². The van der Waals surface area contributed by atoms with Crippen LogP contribution >= 0.6 is 0 Å². The van der Waals surface area contributed by atoms with Crippen LogP contribution in [0, 0.1) is 5.92 Å². The van der Waals surface area contributed by atoms with E-state index in [9.17, 15) is 9.59 Å². The van der Waals surface area contributed by atoms with Crippen molar-refractivity contribution in [1.82, 2.24) is 9.80 Å². The molecule has 0 unspecified atom stereocenters. The van der Waals surface area contributed by atoms with Crippen LogP contribution in [-0.4, -0.2) is 46.9 Å². The van der Waals surface area contributed by atoms with Crippen molar-refractivity contribution in [2.24, 2.45) is 11.7 Å². The molecule has 1 saturated heterocycles. The zero-order chi connectivity index (χ0) is 23.2. The van der Waals surface area contributed by atoms with Gasteiger partial charge in [0.1, 0.15) is 0 Å². The van der Waals surface area contributed by atoms with E-state index in [1.54, 1.807) is 4.90 Å². The molecule has 2 N–H and O–H groups in total. The number of benzene rings is 2. The molecule has 2 aliphatic rings. The Morgan fingerprint density at radius 2 is 1.52 bits per heavy atom. The Morgan fingerprint density at radius 3 is 2.03 bits per heavy atom. The number of likely N-dealkylation sites (tertiary alicyclic amines) is 1. The number of nitrogens with two attached hydrogens (primary N) is 1. The third kappa shape index (κ3) is 5.83. The van der Waals surface area contributed by atoms with E-state index in [-0.39, 0.29) is 36.4 Å². The van der Waals surface area contributed by atoms with Crippen LogP contribution < -0.4 is 5.73 Å². The van der Waals surface area contributed by atoms with Crippen LogP contribution in [0.3, 0.4) is 0 Å². The highest BCUT2D eigenvalue weighted by Crippen LogP contribution is 2.31. The summed E-state index contributed by atoms with van der Waals surface area (Å²) in [5, 5.41) is 0. The molecule has 2 aromatic carbocycles. The molecule has 2 fully saturated rings. The van der Waals surface area contributed by atoms with Gasteiger partial charge in [-0.15, -0.1) is 0 Å². The highest BCUT2D eigenvalue weighted by molar-refractivity contribution is 5.95. The summed E-state index contributed by atoms with van der Waals surface area (Å²) in [5.41, 5.74) is 8.30. The zero-order valence-electron chi connectivity index (χ0n) is 19.7. The minimum atomic E-state index is -0.111. The van der Waals surface area contributed by atoms with E-state index >= 15 is 0 Å². The Balaban J connectivity index is 1.57. The van der Waals surface area contributed by atoms with Crippen molar-refractivity contribution in [2.45, 2.75) is 69.9 Å². The molecule has 1 heterocycles. The van der Waals surface area contributed by atoms with E-state index in [2.05, 4.69) is 31.2 Å². The molecule has 176 valence electrons. The Hall–Kier alpha value is -2.66. The van der Waals surface area contributed by atoms with Gasteiger partial charge in [0.25, 0.3) is 0 Å². The van der Waals surface area contributed by atoms with Gasteiger partial charge in [0, 0.05) is 37.5 Å². The highest BCUT2D eigenvalue weighted by atomic mass is 16.2. The van der Waals surface area contributed by atoms with Crippen LogP contribution in [0.25, 0.3) is 0 Å². The van der Waals surface area contributed by atoms with Gasteiger partial charge in [-0.25, -0.2) is 4.79 Å². The molecular formula is C28H37N3O2. The number of nitrogens with zero attached hydrogens (tertiary/aromatic N) is 2. The third-order valence-corrected chi connectivity index (χ3v) is 7.45. The van der Waals surface area contributed by atoms with Crippen molar-refractivity contribution in [3.8, 4) is 0 Å². The molecule has 1 saturated carbocycles. The standard InChI is InChI=1S/C28H37N3O2/c1-21-9-8-18-30(21)28(33)31(20-22-14-16-25(29)17-15-22)27(32)19-26(23-10-4-2-5-11-23)24-12-6-3-7-13-24/h2-7,10-13,21-22,25-26H,8-9,14-20,29H2,1H3/t21-,22?,25?/m1/s1. The van der Waals surface area contributed by atoms with Crippen LogP contribution in [0.1, 0.15) is 68.9 Å². The molecule has 1 atom stereocenters. The lowest BCUT2D eigenvalue weighted by molar-refractivity contribution is -0.129. The predicted octanol–water partition coefficient (Wildman–Crippen LogP) is 5.16. The van der Waals surface area contributed by atoms with E-state index < -0.39 is 0 Å². The Morgan fingerprint density at radius 1 is 0.939 bits per heavy atom. The van der Waals surface area contributed by atoms with E-state index in [1.165, 1.54) is 0 Å². The van der Waals surface area contributed by atoms with Gasteiger partial charge in [-0.3, -0.25) is 9.69 Å². The van der Waals surface area contributed by atoms with Crippen molar-refractivity contribution in [1.29, 1.82) is 0 Å². The van der Waals surface area contributed by atoms with Gasteiger partial charge in [0.05, 0.1) is 0 Å². The Bertz CT molecular complexity index is 870. The van der Waals surface area contributed by atoms with Crippen molar-refractivity contribution in [2.75, 3.05) is 13.1 Å². The van der Waals surface area contributed by atoms with Crippen molar-refractivity contribution in [3.63, 3.8) is 0 Å². The minimum absolute atomic E-state index is 0.0771. The second-order valence-electron chi connectivity index (χ2n) is 9.83. The second kappa shape index (κ2) is 11.0. The normalized spacial score (nSPS) is 23.0. The first-order chi connectivity index (χ1) is 16.0. The van der Waals surface area contributed by atoms with Crippen molar-refractivity contribution < 1.29 is 9.59 Å². The topological polar surface area (TPSA) is 66.6 Å². The van der Waals surface area contributed by atoms with Gasteiger partial charge in [-0.1, -0.05) is 60.7 Å². The van der Waals surface area contributed by atoms with Crippen LogP contribution in [0.5, 0.6) is 0 Å². The van der Waals surface area contributed by atoms with E-state index in [0.717, 1.165) is 56.2 Å². The number of rotatable bonds is 6. The lowest BCUT2D eigenvalue weighted by Gasteiger charge is -2.34. The molecule has 0 radical (unpaired) electrons. The maximum Gasteiger partial charge on any atom is 0.326 e. The molecule has 4 rings (SSSR count). The molecule has 0 aromatic heterocycles. The number of hydrogen-bond donors (Lipinski definition) is 1. The summed E-state index contributed by atoms with van der Waals surface area (Å²) in [6.45, 7) is 3.33. The monoisotopic (exact) mass is 447 g/mol. The number of amides is 3. The fourth-order valence-corrected chi connectivity index (χ4v) is 5.37. The average Bonchev–Trinajstić information content (AvgIpc) is 3.28. The van der Waals surface area contributed by atoms with Crippen LogP contribution in [0.15, 0.2) is 60.7 Å². The number of imide groups is 1. The van der Waals surface area contributed by atoms with Crippen LogP contribution in [0.4, 0.5) is 4.79 Å². The summed E-state index contributed by atoms with van der Waals surface area (Å²) in [6.07, 6.45) is 6.19. The first-order valence-corrected chi connectivity index (χ1v) is 12.5. The SMILES string of the molecule is C[C@@H]1CCCN1C(=O)N(CC1CCC(N)CC1)C(=O)CC(c1ccccc1)c1ccccc1. The van der Waals surface area contributed by atoms with Gasteiger partial charge >= 0.3 is 6.03 Å². The number of urea groups is 1. The molecule has 5 heteroatoms. The smallest absolute Gasteiger partial charge is 0.326 e.